The van der Waals surface area contributed by atoms with Crippen LogP contribution >= 0.6 is 0 Å². The van der Waals surface area contributed by atoms with Crippen molar-refractivity contribution in [2.75, 3.05) is 37.2 Å². The van der Waals surface area contributed by atoms with Crippen LogP contribution in [0.2, 0.25) is 0 Å². The molecule has 4 aromatic rings. The fraction of sp³-hybridized carbons (Fsp3) is 0.143. The largest absolute Gasteiger partial charge is 0.495 e. The maximum absolute atomic E-state index is 5.79. The average Bonchev–Trinajstić information content (AvgIpc) is 2.86. The van der Waals surface area contributed by atoms with Crippen LogP contribution < -0.4 is 32.4 Å². The van der Waals surface area contributed by atoms with E-state index < -0.39 is 0 Å². The number of nitrogens with two attached hydrogens (primary N) is 4. The molecule has 0 spiro atoms. The Bertz CT molecular complexity index is 1110. The Balaban J connectivity index is 0.000000192. The number of hydrogen-bond acceptors (Lipinski definition) is 6. The van der Waals surface area contributed by atoms with E-state index in [-0.39, 0.29) is 0 Å². The van der Waals surface area contributed by atoms with Crippen LogP contribution in [0, 0.1) is 0 Å². The van der Waals surface area contributed by atoms with Crippen LogP contribution in [0.3, 0.4) is 0 Å². The van der Waals surface area contributed by atoms with Crippen molar-refractivity contribution >= 4 is 22.7 Å². The summed E-state index contributed by atoms with van der Waals surface area (Å²) >= 11 is 0. The lowest BCUT2D eigenvalue weighted by Gasteiger charge is -2.10. The first-order valence-electron chi connectivity index (χ1n) is 11.0. The van der Waals surface area contributed by atoms with Gasteiger partial charge in [0, 0.05) is 11.4 Å². The topological polar surface area (TPSA) is 123 Å². The van der Waals surface area contributed by atoms with E-state index >= 15 is 0 Å². The molecule has 0 aliphatic rings. The van der Waals surface area contributed by atoms with Crippen molar-refractivity contribution in [2.45, 2.75) is 12.8 Å². The highest BCUT2D eigenvalue weighted by molar-refractivity contribution is 5.73. The van der Waals surface area contributed by atoms with Gasteiger partial charge in [0.05, 0.1) is 25.6 Å². The van der Waals surface area contributed by atoms with Crippen molar-refractivity contribution in [3.05, 3.63) is 96.1 Å². The smallest absolute Gasteiger partial charge is 0.142 e. The van der Waals surface area contributed by atoms with Gasteiger partial charge in [-0.25, -0.2) is 0 Å². The van der Waals surface area contributed by atoms with Crippen molar-refractivity contribution in [3.8, 4) is 22.6 Å². The molecule has 0 unspecified atom stereocenters. The number of benzene rings is 4. The molecule has 4 rings (SSSR count). The maximum atomic E-state index is 5.79. The highest BCUT2D eigenvalue weighted by atomic mass is 16.5. The molecule has 8 N–H and O–H groups in total. The van der Waals surface area contributed by atoms with Crippen molar-refractivity contribution in [1.82, 2.24) is 0 Å². The molecule has 0 atom stereocenters. The third-order valence-corrected chi connectivity index (χ3v) is 5.46. The third-order valence-electron chi connectivity index (χ3n) is 5.46. The van der Waals surface area contributed by atoms with Gasteiger partial charge in [0.15, 0.2) is 0 Å². The maximum Gasteiger partial charge on any atom is 0.142 e. The van der Waals surface area contributed by atoms with Gasteiger partial charge in [-0.2, -0.15) is 0 Å². The summed E-state index contributed by atoms with van der Waals surface area (Å²) in [6, 6.07) is 27.4. The van der Waals surface area contributed by atoms with E-state index in [0.29, 0.717) is 22.9 Å². The Morgan fingerprint density at radius 3 is 1.18 bits per heavy atom. The van der Waals surface area contributed by atoms with Gasteiger partial charge in [-0.15, -0.1) is 0 Å². The summed E-state index contributed by atoms with van der Waals surface area (Å²) in [5.74, 6) is 1.31. The first kappa shape index (κ1) is 24.3. The summed E-state index contributed by atoms with van der Waals surface area (Å²) in [4.78, 5) is 0. The average molecular weight is 457 g/mol. The molecular weight excluding hydrogens is 424 g/mol. The van der Waals surface area contributed by atoms with Gasteiger partial charge in [0.25, 0.3) is 0 Å². The number of methoxy groups -OCH3 is 2. The molecule has 0 aliphatic carbocycles. The van der Waals surface area contributed by atoms with Crippen molar-refractivity contribution in [2.24, 2.45) is 0 Å². The van der Waals surface area contributed by atoms with Gasteiger partial charge in [0.2, 0.25) is 0 Å². The Labute approximate surface area is 201 Å². The second kappa shape index (κ2) is 11.5. The monoisotopic (exact) mass is 456 g/mol. The summed E-state index contributed by atoms with van der Waals surface area (Å²) in [6.45, 7) is 0. The summed E-state index contributed by atoms with van der Waals surface area (Å²) in [7, 11) is 3.19. The van der Waals surface area contributed by atoms with Crippen LogP contribution in [0.15, 0.2) is 84.9 Å². The van der Waals surface area contributed by atoms with Crippen LogP contribution in [0.25, 0.3) is 11.1 Å². The van der Waals surface area contributed by atoms with E-state index in [1.54, 1.807) is 14.2 Å². The minimum absolute atomic E-state index is 0.615. The minimum Gasteiger partial charge on any atom is -0.495 e. The molecule has 0 aliphatic heterocycles. The molecule has 0 radical (unpaired) electrons. The Kier molecular flexibility index (Phi) is 8.24. The zero-order valence-electron chi connectivity index (χ0n) is 19.6. The molecule has 34 heavy (non-hydrogen) atoms. The molecule has 4 aromatic carbocycles. The van der Waals surface area contributed by atoms with Gasteiger partial charge in [0.1, 0.15) is 11.5 Å². The van der Waals surface area contributed by atoms with Crippen LogP contribution in [-0.4, -0.2) is 14.2 Å². The predicted octanol–water partition coefficient (Wildman–Crippen LogP) is 5.17. The standard InChI is InChI=1S/C14H16N2O2.C14H16N2/c1-17-13-7-9(3-5-11(13)15)10-4-6-12(16)14(8-10)18-2;15-13-7-3-11(4-8-13)1-2-12-5-9-14(16)10-6-12/h3-8H,15-16H2,1-2H3;3-10H,1-2,15-16H2. The van der Waals surface area contributed by atoms with Gasteiger partial charge in [-0.3, -0.25) is 0 Å². The highest BCUT2D eigenvalue weighted by Gasteiger charge is 2.06. The minimum atomic E-state index is 0.615. The quantitative estimate of drug-likeness (QED) is 0.297. The van der Waals surface area contributed by atoms with E-state index in [9.17, 15) is 0 Å². The second-order valence-corrected chi connectivity index (χ2v) is 7.90. The van der Waals surface area contributed by atoms with Crippen molar-refractivity contribution in [1.29, 1.82) is 0 Å². The van der Waals surface area contributed by atoms with E-state index in [0.717, 1.165) is 35.3 Å². The Hall–Kier alpha value is -4.32. The van der Waals surface area contributed by atoms with Crippen LogP contribution in [0.4, 0.5) is 22.7 Å². The first-order chi connectivity index (χ1) is 16.4. The molecule has 176 valence electrons. The van der Waals surface area contributed by atoms with E-state index in [4.69, 9.17) is 32.4 Å². The van der Waals surface area contributed by atoms with Crippen LogP contribution in [-0.2, 0) is 12.8 Å². The third kappa shape index (κ3) is 6.59. The molecule has 0 aromatic heterocycles. The van der Waals surface area contributed by atoms with Crippen molar-refractivity contribution in [3.63, 3.8) is 0 Å². The van der Waals surface area contributed by atoms with Crippen LogP contribution in [0.1, 0.15) is 11.1 Å². The summed E-state index contributed by atoms with van der Waals surface area (Å²) in [5, 5.41) is 0. The lowest BCUT2D eigenvalue weighted by Crippen LogP contribution is -1.94. The lowest BCUT2D eigenvalue weighted by atomic mass is 10.0. The number of hydrogen-bond donors (Lipinski definition) is 4. The van der Waals surface area contributed by atoms with Gasteiger partial charge < -0.3 is 32.4 Å². The first-order valence-corrected chi connectivity index (χ1v) is 11.0. The molecule has 0 bridgehead atoms. The van der Waals surface area contributed by atoms with Gasteiger partial charge >= 0.3 is 0 Å². The fourth-order valence-corrected chi connectivity index (χ4v) is 3.44. The SMILES string of the molecule is COc1cc(-c2ccc(N)c(OC)c2)ccc1N.Nc1ccc(CCc2ccc(N)cc2)cc1. The molecule has 0 saturated heterocycles. The Morgan fingerprint density at radius 2 is 0.853 bits per heavy atom. The summed E-state index contributed by atoms with van der Waals surface area (Å²) in [6.07, 6.45) is 2.06. The lowest BCUT2D eigenvalue weighted by molar-refractivity contribution is 0.416. The highest BCUT2D eigenvalue weighted by Crippen LogP contribution is 2.32. The normalized spacial score (nSPS) is 10.2. The summed E-state index contributed by atoms with van der Waals surface area (Å²) in [5.41, 5.74) is 30.3. The van der Waals surface area contributed by atoms with E-state index in [1.165, 1.54) is 11.1 Å². The predicted molar refractivity (Wildman–Crippen MR) is 143 cm³/mol. The number of aryl methyl sites for hydroxylation is 2. The fourth-order valence-electron chi connectivity index (χ4n) is 3.44. The Morgan fingerprint density at radius 1 is 0.500 bits per heavy atom. The zero-order chi connectivity index (χ0) is 24.5. The second-order valence-electron chi connectivity index (χ2n) is 7.90. The molecule has 0 fully saturated rings. The molecule has 6 heteroatoms. The number of ether oxygens (including phenoxy) is 2. The van der Waals surface area contributed by atoms with E-state index in [2.05, 4.69) is 24.3 Å². The number of nitrogen functional groups attached to an aromatic ring is 4. The molecule has 0 saturated carbocycles. The van der Waals surface area contributed by atoms with E-state index in [1.807, 2.05) is 60.7 Å². The molecule has 0 amide bonds. The molecular formula is C28H32N4O2. The number of rotatable bonds is 6. The van der Waals surface area contributed by atoms with Crippen LogP contribution in [0.5, 0.6) is 11.5 Å². The van der Waals surface area contributed by atoms with Gasteiger partial charge in [-0.1, -0.05) is 36.4 Å². The summed E-state index contributed by atoms with van der Waals surface area (Å²) < 4.78 is 10.4. The molecule has 6 nitrogen and oxygen atoms in total. The number of anilines is 4. The van der Waals surface area contributed by atoms with Gasteiger partial charge in [-0.05, 0) is 83.6 Å². The molecule has 0 heterocycles. The van der Waals surface area contributed by atoms with Crippen molar-refractivity contribution < 1.29 is 9.47 Å². The zero-order valence-corrected chi connectivity index (χ0v) is 19.6.